The molecule has 0 heterocycles. The zero-order chi connectivity index (χ0) is 11.5. The van der Waals surface area contributed by atoms with E-state index in [1.165, 1.54) is 16.7 Å². The molecule has 1 nitrogen and oxygen atoms in total. The molecular formula is C14H14BrN. The Labute approximate surface area is 104 Å². The van der Waals surface area contributed by atoms with Gasteiger partial charge in [-0.3, -0.25) is 0 Å². The van der Waals surface area contributed by atoms with Crippen molar-refractivity contribution < 1.29 is 0 Å². The quantitative estimate of drug-likeness (QED) is 0.826. The lowest BCUT2D eigenvalue weighted by molar-refractivity contribution is 1.19. The summed E-state index contributed by atoms with van der Waals surface area (Å²) >= 11 is 3.45. The van der Waals surface area contributed by atoms with Gasteiger partial charge in [0.2, 0.25) is 0 Å². The van der Waals surface area contributed by atoms with Crippen LogP contribution in [0.5, 0.6) is 0 Å². The zero-order valence-corrected chi connectivity index (χ0v) is 10.8. The average molecular weight is 276 g/mol. The first-order chi connectivity index (χ1) is 7.66. The molecule has 2 N–H and O–H groups in total. The highest BCUT2D eigenvalue weighted by molar-refractivity contribution is 9.10. The summed E-state index contributed by atoms with van der Waals surface area (Å²) in [6.45, 7) is 2.09. The molecule has 0 saturated carbocycles. The van der Waals surface area contributed by atoms with E-state index in [0.29, 0.717) is 0 Å². The van der Waals surface area contributed by atoms with Crippen LogP contribution in [0.15, 0.2) is 46.9 Å². The van der Waals surface area contributed by atoms with Crippen LogP contribution in [0.4, 0.5) is 5.69 Å². The molecular weight excluding hydrogens is 262 g/mol. The van der Waals surface area contributed by atoms with Crippen molar-refractivity contribution in [3.05, 3.63) is 63.6 Å². The number of hydrogen-bond donors (Lipinski definition) is 1. The van der Waals surface area contributed by atoms with E-state index in [0.717, 1.165) is 16.6 Å². The van der Waals surface area contributed by atoms with E-state index in [1.54, 1.807) is 0 Å². The fraction of sp³-hybridized carbons (Fsp3) is 0.143. The van der Waals surface area contributed by atoms with Gasteiger partial charge in [-0.25, -0.2) is 0 Å². The van der Waals surface area contributed by atoms with Crippen molar-refractivity contribution in [2.24, 2.45) is 0 Å². The van der Waals surface area contributed by atoms with Gasteiger partial charge in [0.15, 0.2) is 0 Å². The van der Waals surface area contributed by atoms with E-state index >= 15 is 0 Å². The van der Waals surface area contributed by atoms with Crippen LogP contribution in [-0.4, -0.2) is 0 Å². The number of aryl methyl sites for hydroxylation is 1. The van der Waals surface area contributed by atoms with Crippen molar-refractivity contribution in [3.63, 3.8) is 0 Å². The van der Waals surface area contributed by atoms with Gasteiger partial charge in [0.05, 0.1) is 0 Å². The molecule has 2 aromatic rings. The summed E-state index contributed by atoms with van der Waals surface area (Å²) in [4.78, 5) is 0. The lowest BCUT2D eigenvalue weighted by Gasteiger charge is -2.07. The van der Waals surface area contributed by atoms with E-state index in [9.17, 15) is 0 Å². The van der Waals surface area contributed by atoms with Crippen LogP contribution >= 0.6 is 15.9 Å². The molecule has 0 amide bonds. The highest BCUT2D eigenvalue weighted by Crippen LogP contribution is 2.25. The lowest BCUT2D eigenvalue weighted by atomic mass is 10.0. The Kier molecular flexibility index (Phi) is 3.30. The molecule has 0 aliphatic heterocycles. The molecule has 0 atom stereocenters. The number of halogens is 1. The number of rotatable bonds is 2. The lowest BCUT2D eigenvalue weighted by Crippen LogP contribution is -1.96. The number of hydrogen-bond acceptors (Lipinski definition) is 1. The predicted octanol–water partition coefficient (Wildman–Crippen LogP) is 3.93. The van der Waals surface area contributed by atoms with Crippen LogP contribution < -0.4 is 5.73 Å². The van der Waals surface area contributed by atoms with E-state index < -0.39 is 0 Å². The van der Waals surface area contributed by atoms with Gasteiger partial charge in [0.25, 0.3) is 0 Å². The van der Waals surface area contributed by atoms with Crippen LogP contribution in [0.2, 0.25) is 0 Å². The monoisotopic (exact) mass is 275 g/mol. The Morgan fingerprint density at radius 1 is 1.06 bits per heavy atom. The van der Waals surface area contributed by atoms with Crippen LogP contribution in [0.25, 0.3) is 0 Å². The minimum absolute atomic E-state index is 0.836. The van der Waals surface area contributed by atoms with Crippen LogP contribution in [0, 0.1) is 6.92 Å². The molecule has 0 aromatic heterocycles. The van der Waals surface area contributed by atoms with Crippen molar-refractivity contribution >= 4 is 21.6 Å². The maximum atomic E-state index is 6.01. The molecule has 0 aliphatic carbocycles. The maximum Gasteiger partial charge on any atom is 0.0494 e. The minimum Gasteiger partial charge on any atom is -0.398 e. The first-order valence-electron chi connectivity index (χ1n) is 5.25. The van der Waals surface area contributed by atoms with Gasteiger partial charge in [-0.2, -0.15) is 0 Å². The highest BCUT2D eigenvalue weighted by Gasteiger charge is 2.03. The van der Waals surface area contributed by atoms with E-state index in [4.69, 9.17) is 5.73 Å². The average Bonchev–Trinajstić information content (AvgIpc) is 2.28. The van der Waals surface area contributed by atoms with Gasteiger partial charge in [-0.15, -0.1) is 0 Å². The zero-order valence-electron chi connectivity index (χ0n) is 9.20. The molecule has 0 bridgehead atoms. The molecule has 16 heavy (non-hydrogen) atoms. The van der Waals surface area contributed by atoms with Crippen molar-refractivity contribution in [2.75, 3.05) is 5.73 Å². The van der Waals surface area contributed by atoms with E-state index in [2.05, 4.69) is 53.2 Å². The van der Waals surface area contributed by atoms with Crippen LogP contribution in [0.3, 0.4) is 0 Å². The standard InChI is InChI=1S/C14H14BrN/c1-10-5-7-11(8-6-10)9-12-3-2-4-13(15)14(12)16/h2-8H,9,16H2,1H3. The second-order valence-corrected chi connectivity index (χ2v) is 4.83. The number of nitrogens with two attached hydrogens (primary N) is 1. The van der Waals surface area contributed by atoms with E-state index in [1.807, 2.05) is 12.1 Å². The van der Waals surface area contributed by atoms with Gasteiger partial charge in [0.1, 0.15) is 0 Å². The third-order valence-corrected chi connectivity index (χ3v) is 3.35. The summed E-state index contributed by atoms with van der Waals surface area (Å²) in [6, 6.07) is 14.6. The Morgan fingerprint density at radius 3 is 2.44 bits per heavy atom. The number of nitrogen functional groups attached to an aromatic ring is 1. The highest BCUT2D eigenvalue weighted by atomic mass is 79.9. The predicted molar refractivity (Wildman–Crippen MR) is 72.5 cm³/mol. The Balaban J connectivity index is 2.27. The Bertz CT molecular complexity index is 489. The summed E-state index contributed by atoms with van der Waals surface area (Å²) in [5, 5.41) is 0. The molecule has 2 aromatic carbocycles. The summed E-state index contributed by atoms with van der Waals surface area (Å²) in [6.07, 6.45) is 0.881. The van der Waals surface area contributed by atoms with E-state index in [-0.39, 0.29) is 0 Å². The second-order valence-electron chi connectivity index (χ2n) is 3.98. The molecule has 0 aliphatic rings. The molecule has 0 saturated heterocycles. The molecule has 0 unspecified atom stereocenters. The van der Waals surface area contributed by atoms with Crippen molar-refractivity contribution in [2.45, 2.75) is 13.3 Å². The van der Waals surface area contributed by atoms with Crippen molar-refractivity contribution in [3.8, 4) is 0 Å². The molecule has 0 radical (unpaired) electrons. The van der Waals surface area contributed by atoms with Gasteiger partial charge < -0.3 is 5.73 Å². The third kappa shape index (κ3) is 2.45. The summed E-state index contributed by atoms with van der Waals surface area (Å²) in [7, 11) is 0. The summed E-state index contributed by atoms with van der Waals surface area (Å²) in [5.41, 5.74) is 10.6. The largest absolute Gasteiger partial charge is 0.398 e. The second kappa shape index (κ2) is 4.71. The summed E-state index contributed by atoms with van der Waals surface area (Å²) < 4.78 is 0.970. The number of anilines is 1. The maximum absolute atomic E-state index is 6.01. The number of para-hydroxylation sites is 1. The molecule has 0 fully saturated rings. The van der Waals surface area contributed by atoms with Gasteiger partial charge in [-0.1, -0.05) is 42.0 Å². The normalized spacial score (nSPS) is 10.4. The van der Waals surface area contributed by atoms with Crippen molar-refractivity contribution in [1.82, 2.24) is 0 Å². The Morgan fingerprint density at radius 2 is 1.75 bits per heavy atom. The van der Waals surface area contributed by atoms with Gasteiger partial charge >= 0.3 is 0 Å². The fourth-order valence-electron chi connectivity index (χ4n) is 1.66. The van der Waals surface area contributed by atoms with Crippen LogP contribution in [0.1, 0.15) is 16.7 Å². The Hall–Kier alpha value is -1.28. The molecule has 0 spiro atoms. The fourth-order valence-corrected chi connectivity index (χ4v) is 2.07. The molecule has 2 heteroatoms. The van der Waals surface area contributed by atoms with Crippen molar-refractivity contribution in [1.29, 1.82) is 0 Å². The first kappa shape index (κ1) is 11.2. The summed E-state index contributed by atoms with van der Waals surface area (Å²) in [5.74, 6) is 0. The molecule has 2 rings (SSSR count). The van der Waals surface area contributed by atoms with Crippen LogP contribution in [-0.2, 0) is 6.42 Å². The van der Waals surface area contributed by atoms with Gasteiger partial charge in [-0.05, 0) is 46.5 Å². The number of benzene rings is 2. The SMILES string of the molecule is Cc1ccc(Cc2cccc(Br)c2N)cc1. The topological polar surface area (TPSA) is 26.0 Å². The smallest absolute Gasteiger partial charge is 0.0494 e. The third-order valence-electron chi connectivity index (χ3n) is 2.66. The minimum atomic E-state index is 0.836. The molecule has 82 valence electrons. The first-order valence-corrected chi connectivity index (χ1v) is 6.04. The van der Waals surface area contributed by atoms with Gasteiger partial charge in [0, 0.05) is 10.2 Å².